The second-order valence-electron chi connectivity index (χ2n) is 12.9. The molecule has 4 saturated carbocycles. The molecule has 0 saturated heterocycles. The van der Waals surface area contributed by atoms with Gasteiger partial charge < -0.3 is 15.3 Å². The number of hydrogen-bond donors (Lipinski definition) is 3. The topological polar surface area (TPSA) is 60.7 Å². The Morgan fingerprint density at radius 3 is 2.27 bits per heavy atom. The van der Waals surface area contributed by atoms with Crippen LogP contribution in [0.25, 0.3) is 0 Å². The van der Waals surface area contributed by atoms with Gasteiger partial charge in [0, 0.05) is 0 Å². The molecule has 0 heterocycles. The first-order chi connectivity index (χ1) is 14.0. The van der Waals surface area contributed by atoms with E-state index in [-0.39, 0.29) is 34.9 Å². The van der Waals surface area contributed by atoms with Crippen LogP contribution in [0.2, 0.25) is 0 Å². The van der Waals surface area contributed by atoms with Crippen LogP contribution in [-0.2, 0) is 0 Å². The van der Waals surface area contributed by atoms with Crippen LogP contribution in [0.3, 0.4) is 0 Å². The fourth-order valence-electron chi connectivity index (χ4n) is 9.24. The molecule has 4 aliphatic carbocycles. The van der Waals surface area contributed by atoms with Crippen molar-refractivity contribution in [3.05, 3.63) is 0 Å². The summed E-state index contributed by atoms with van der Waals surface area (Å²) in [6, 6.07) is 0. The maximum absolute atomic E-state index is 12.3. The molecule has 0 radical (unpaired) electrons. The van der Waals surface area contributed by atoms with Crippen LogP contribution >= 0.6 is 0 Å². The molecule has 0 aromatic heterocycles. The third-order valence-electron chi connectivity index (χ3n) is 11.0. The van der Waals surface area contributed by atoms with Crippen molar-refractivity contribution in [2.45, 2.75) is 123 Å². The Morgan fingerprint density at radius 2 is 1.57 bits per heavy atom. The van der Waals surface area contributed by atoms with E-state index in [1.165, 1.54) is 25.7 Å². The molecule has 4 aliphatic rings. The van der Waals surface area contributed by atoms with E-state index < -0.39 is 5.60 Å². The first-order valence-electron chi connectivity index (χ1n) is 13.1. The third kappa shape index (κ3) is 3.41. The molecule has 3 heteroatoms. The zero-order valence-electron chi connectivity index (χ0n) is 20.2. The number of rotatable bonds is 5. The van der Waals surface area contributed by atoms with E-state index in [1.54, 1.807) is 0 Å². The Balaban J connectivity index is 1.55. The summed E-state index contributed by atoms with van der Waals surface area (Å²) < 4.78 is 0. The Morgan fingerprint density at radius 1 is 0.833 bits per heavy atom. The highest BCUT2D eigenvalue weighted by molar-refractivity contribution is 5.18. The molecule has 0 bridgehead atoms. The first-order valence-corrected chi connectivity index (χ1v) is 13.1. The molecule has 30 heavy (non-hydrogen) atoms. The number of aliphatic hydroxyl groups is 3. The maximum Gasteiger partial charge on any atom is 0.0735 e. The molecule has 174 valence electrons. The van der Waals surface area contributed by atoms with E-state index in [2.05, 4.69) is 34.6 Å². The number of fused-ring (bicyclic) bond motifs is 5. The Bertz CT molecular complexity index is 619. The van der Waals surface area contributed by atoms with Gasteiger partial charge in [0.25, 0.3) is 0 Å². The first kappa shape index (κ1) is 23.1. The minimum atomic E-state index is -0.627. The molecule has 3 unspecified atom stereocenters. The molecular weight excluding hydrogens is 372 g/mol. The van der Waals surface area contributed by atoms with Crippen molar-refractivity contribution in [2.75, 3.05) is 0 Å². The van der Waals surface area contributed by atoms with E-state index in [9.17, 15) is 15.3 Å². The summed E-state index contributed by atoms with van der Waals surface area (Å²) in [5, 5.41) is 33.7. The van der Waals surface area contributed by atoms with Gasteiger partial charge in [0.1, 0.15) is 0 Å². The minimum Gasteiger partial charge on any atom is -0.393 e. The van der Waals surface area contributed by atoms with E-state index in [0.29, 0.717) is 17.8 Å². The number of hydrogen-bond acceptors (Lipinski definition) is 3. The second kappa shape index (κ2) is 8.03. The van der Waals surface area contributed by atoms with Crippen LogP contribution in [0.15, 0.2) is 0 Å². The average Bonchev–Trinajstić information content (AvgIpc) is 2.95. The molecule has 10 atom stereocenters. The van der Waals surface area contributed by atoms with Gasteiger partial charge in [-0.05, 0) is 97.7 Å². The van der Waals surface area contributed by atoms with Gasteiger partial charge in [0.05, 0.1) is 17.8 Å². The lowest BCUT2D eigenvalue weighted by Gasteiger charge is -2.64. The van der Waals surface area contributed by atoms with Crippen LogP contribution < -0.4 is 0 Å². The van der Waals surface area contributed by atoms with Gasteiger partial charge >= 0.3 is 0 Å². The summed E-state index contributed by atoms with van der Waals surface area (Å²) in [5.74, 6) is 2.95. The van der Waals surface area contributed by atoms with Gasteiger partial charge in [-0.3, -0.25) is 0 Å². The highest BCUT2D eigenvalue weighted by Crippen LogP contribution is 2.70. The van der Waals surface area contributed by atoms with Crippen molar-refractivity contribution in [1.82, 2.24) is 0 Å². The highest BCUT2D eigenvalue weighted by Gasteiger charge is 2.68. The molecule has 0 aromatic rings. The van der Waals surface area contributed by atoms with Gasteiger partial charge in [-0.25, -0.2) is 0 Å². The Kier molecular flexibility index (Phi) is 6.17. The molecule has 0 amide bonds. The predicted molar refractivity (Wildman–Crippen MR) is 122 cm³/mol. The summed E-state index contributed by atoms with van der Waals surface area (Å²) in [6.45, 7) is 11.8. The monoisotopic (exact) mass is 420 g/mol. The molecule has 4 rings (SSSR count). The Labute approximate surface area is 185 Å². The SMILES string of the molecule is CC(C)CCC[C@@H](C)[C@H]1CC[C@@]2(O)[C@@H]3CC(O)C4CC(O)CC[C@]4(C)[C@H]3CC[C@]12C. The molecule has 0 aliphatic heterocycles. The lowest BCUT2D eigenvalue weighted by Crippen LogP contribution is -2.65. The van der Waals surface area contributed by atoms with Crippen LogP contribution in [0, 0.1) is 46.3 Å². The van der Waals surface area contributed by atoms with Crippen molar-refractivity contribution in [3.63, 3.8) is 0 Å². The second-order valence-corrected chi connectivity index (χ2v) is 12.9. The summed E-state index contributed by atoms with van der Waals surface area (Å²) in [7, 11) is 0. The zero-order valence-corrected chi connectivity index (χ0v) is 20.2. The normalized spacial score (nSPS) is 51.9. The largest absolute Gasteiger partial charge is 0.393 e. The summed E-state index contributed by atoms with van der Waals surface area (Å²) in [5.41, 5.74) is -0.569. The minimum absolute atomic E-state index is 0.0114. The predicted octanol–water partition coefficient (Wildman–Crippen LogP) is 5.55. The summed E-state index contributed by atoms with van der Waals surface area (Å²) in [4.78, 5) is 0. The maximum atomic E-state index is 12.3. The highest BCUT2D eigenvalue weighted by atomic mass is 16.3. The van der Waals surface area contributed by atoms with E-state index in [4.69, 9.17) is 0 Å². The molecule has 3 N–H and O–H groups in total. The van der Waals surface area contributed by atoms with Crippen molar-refractivity contribution >= 4 is 0 Å². The molecular formula is C27H48O3. The van der Waals surface area contributed by atoms with Crippen molar-refractivity contribution in [3.8, 4) is 0 Å². The van der Waals surface area contributed by atoms with E-state index >= 15 is 0 Å². The smallest absolute Gasteiger partial charge is 0.0735 e. The molecule has 0 spiro atoms. The van der Waals surface area contributed by atoms with Crippen LogP contribution in [0.5, 0.6) is 0 Å². The van der Waals surface area contributed by atoms with Crippen molar-refractivity contribution < 1.29 is 15.3 Å². The fraction of sp³-hybridized carbons (Fsp3) is 1.00. The van der Waals surface area contributed by atoms with Gasteiger partial charge in [0.15, 0.2) is 0 Å². The van der Waals surface area contributed by atoms with Gasteiger partial charge in [-0.15, -0.1) is 0 Å². The number of aliphatic hydroxyl groups excluding tert-OH is 2. The summed E-state index contributed by atoms with van der Waals surface area (Å²) in [6.07, 6.45) is 11.0. The summed E-state index contributed by atoms with van der Waals surface area (Å²) >= 11 is 0. The average molecular weight is 421 g/mol. The van der Waals surface area contributed by atoms with E-state index in [0.717, 1.165) is 50.9 Å². The van der Waals surface area contributed by atoms with E-state index in [1.807, 2.05) is 0 Å². The van der Waals surface area contributed by atoms with Crippen LogP contribution in [-0.4, -0.2) is 33.1 Å². The standard InChI is InChI=1S/C27H48O3/c1-17(2)7-6-8-18(3)20-11-14-27(30)22-16-24(29)23-15-19(28)9-12-25(23,4)21(22)10-13-26(20,27)5/h17-24,28-30H,6-16H2,1-5H3/t18-,19?,20-,21+,22-,23?,24?,25-,26-,27-/m1/s1. The lowest BCUT2D eigenvalue weighted by atomic mass is 9.42. The zero-order chi connectivity index (χ0) is 21.9. The van der Waals surface area contributed by atoms with Crippen LogP contribution in [0.4, 0.5) is 0 Å². The quantitative estimate of drug-likeness (QED) is 0.546. The van der Waals surface area contributed by atoms with Crippen molar-refractivity contribution in [2.24, 2.45) is 46.3 Å². The third-order valence-corrected chi connectivity index (χ3v) is 11.0. The van der Waals surface area contributed by atoms with Crippen LogP contribution in [0.1, 0.15) is 105 Å². The van der Waals surface area contributed by atoms with Gasteiger partial charge in [-0.2, -0.15) is 0 Å². The van der Waals surface area contributed by atoms with Gasteiger partial charge in [0.2, 0.25) is 0 Å². The fourth-order valence-corrected chi connectivity index (χ4v) is 9.24. The van der Waals surface area contributed by atoms with Crippen molar-refractivity contribution in [1.29, 1.82) is 0 Å². The Hall–Kier alpha value is -0.120. The van der Waals surface area contributed by atoms with Gasteiger partial charge in [-0.1, -0.05) is 53.9 Å². The molecule has 0 aromatic carbocycles. The molecule has 3 nitrogen and oxygen atoms in total. The lowest BCUT2D eigenvalue weighted by molar-refractivity contribution is -0.234. The molecule has 4 fully saturated rings.